The number of esters is 1. The van der Waals surface area contributed by atoms with E-state index in [-0.39, 0.29) is 28.9 Å². The zero-order valence-electron chi connectivity index (χ0n) is 16.4. The topological polar surface area (TPSA) is 90.9 Å². The van der Waals surface area contributed by atoms with E-state index in [1.807, 2.05) is 13.8 Å². The molecule has 1 aliphatic rings. The molecule has 0 aromatic heterocycles. The minimum absolute atomic E-state index is 0.00901. The van der Waals surface area contributed by atoms with Crippen LogP contribution in [-0.2, 0) is 9.53 Å². The second kappa shape index (κ2) is 9.23. The molecule has 2 aromatic rings. The van der Waals surface area contributed by atoms with Crippen molar-refractivity contribution < 1.29 is 28.6 Å². The number of amides is 1. The van der Waals surface area contributed by atoms with Crippen LogP contribution < -0.4 is 14.8 Å². The molecule has 1 atom stereocenters. The van der Waals surface area contributed by atoms with Crippen molar-refractivity contribution in [2.45, 2.75) is 26.3 Å². The molecule has 1 heterocycles. The van der Waals surface area contributed by atoms with Gasteiger partial charge in [-0.05, 0) is 37.6 Å². The van der Waals surface area contributed by atoms with Crippen LogP contribution in [-0.4, -0.2) is 43.5 Å². The molecule has 0 saturated heterocycles. The summed E-state index contributed by atoms with van der Waals surface area (Å²) in [5.74, 6) is -0.399. The largest absolute Gasteiger partial charge is 0.486 e. The highest BCUT2D eigenvalue weighted by Gasteiger charge is 2.22. The number of ether oxygens (including phenoxy) is 3. The second-order valence-corrected chi connectivity index (χ2v) is 6.69. The predicted molar refractivity (Wildman–Crippen MR) is 105 cm³/mol. The molecule has 0 fully saturated rings. The van der Waals surface area contributed by atoms with E-state index in [2.05, 4.69) is 5.32 Å². The number of rotatable bonds is 7. The van der Waals surface area contributed by atoms with Gasteiger partial charge in [0.25, 0.3) is 5.91 Å². The average molecular weight is 397 g/mol. The van der Waals surface area contributed by atoms with E-state index < -0.39 is 12.6 Å². The lowest BCUT2D eigenvalue weighted by Gasteiger charge is -2.18. The fourth-order valence-electron chi connectivity index (χ4n) is 2.83. The maximum absolute atomic E-state index is 13.0. The molecular formula is C22H23NO6. The van der Waals surface area contributed by atoms with Gasteiger partial charge in [0.2, 0.25) is 0 Å². The molecule has 1 aliphatic heterocycles. The quantitative estimate of drug-likeness (QED) is 0.571. The van der Waals surface area contributed by atoms with Crippen LogP contribution in [0.4, 0.5) is 0 Å². The summed E-state index contributed by atoms with van der Waals surface area (Å²) >= 11 is 0. The summed E-state index contributed by atoms with van der Waals surface area (Å²) in [5.41, 5.74) is 0.657. The number of carbonyl (C=O) groups excluding carboxylic acids is 3. The first-order valence-corrected chi connectivity index (χ1v) is 9.49. The highest BCUT2D eigenvalue weighted by molar-refractivity contribution is 6.14. The number of nitrogens with one attached hydrogen (secondary N) is 1. The molecule has 7 nitrogen and oxygen atoms in total. The van der Waals surface area contributed by atoms with Gasteiger partial charge in [-0.3, -0.25) is 9.59 Å². The van der Waals surface area contributed by atoms with E-state index in [1.165, 1.54) is 6.07 Å². The average Bonchev–Trinajstić information content (AvgIpc) is 2.76. The molecule has 0 saturated carbocycles. The van der Waals surface area contributed by atoms with Crippen molar-refractivity contribution in [3.8, 4) is 11.5 Å². The van der Waals surface area contributed by atoms with Gasteiger partial charge in [-0.15, -0.1) is 0 Å². The zero-order chi connectivity index (χ0) is 20.8. The molecule has 3 rings (SSSR count). The second-order valence-electron chi connectivity index (χ2n) is 6.69. The Morgan fingerprint density at radius 1 is 1.03 bits per heavy atom. The molecule has 2 aromatic carbocycles. The molecule has 1 N–H and O–H groups in total. The van der Waals surface area contributed by atoms with E-state index in [0.717, 1.165) is 6.42 Å². The van der Waals surface area contributed by atoms with Crippen LogP contribution in [0.15, 0.2) is 42.5 Å². The van der Waals surface area contributed by atoms with Gasteiger partial charge in [0.05, 0.1) is 5.56 Å². The smallest absolute Gasteiger partial charge is 0.339 e. The summed E-state index contributed by atoms with van der Waals surface area (Å²) in [6, 6.07) is 11.2. The number of carbonyl (C=O) groups is 3. The van der Waals surface area contributed by atoms with Gasteiger partial charge >= 0.3 is 5.97 Å². The maximum atomic E-state index is 13.0. The molecule has 7 heteroatoms. The fourth-order valence-corrected chi connectivity index (χ4v) is 2.83. The summed E-state index contributed by atoms with van der Waals surface area (Å²) in [5, 5.41) is 2.72. The normalized spacial score (nSPS) is 13.3. The molecule has 0 radical (unpaired) electrons. The fraction of sp³-hybridized carbons (Fsp3) is 0.318. The molecule has 0 bridgehead atoms. The lowest BCUT2D eigenvalue weighted by atomic mass is 9.98. The van der Waals surface area contributed by atoms with E-state index in [1.54, 1.807) is 36.4 Å². The third-order valence-electron chi connectivity index (χ3n) is 4.55. The van der Waals surface area contributed by atoms with Crippen LogP contribution >= 0.6 is 0 Å². The van der Waals surface area contributed by atoms with E-state index in [4.69, 9.17) is 14.2 Å². The highest BCUT2D eigenvalue weighted by atomic mass is 16.6. The lowest BCUT2D eigenvalue weighted by molar-refractivity contribution is -0.124. The Hall–Kier alpha value is -3.35. The minimum atomic E-state index is -0.731. The molecule has 29 heavy (non-hydrogen) atoms. The van der Waals surface area contributed by atoms with Gasteiger partial charge in [0, 0.05) is 17.2 Å². The summed E-state index contributed by atoms with van der Waals surface area (Å²) in [4.78, 5) is 37.3. The maximum Gasteiger partial charge on any atom is 0.339 e. The van der Waals surface area contributed by atoms with E-state index >= 15 is 0 Å². The summed E-state index contributed by atoms with van der Waals surface area (Å²) < 4.78 is 16.1. The number of hydrogen-bond acceptors (Lipinski definition) is 6. The molecule has 0 spiro atoms. The van der Waals surface area contributed by atoms with E-state index in [0.29, 0.717) is 30.3 Å². The zero-order valence-corrected chi connectivity index (χ0v) is 16.4. The van der Waals surface area contributed by atoms with Crippen molar-refractivity contribution >= 4 is 17.7 Å². The molecular weight excluding hydrogens is 374 g/mol. The molecule has 0 unspecified atom stereocenters. The first-order valence-electron chi connectivity index (χ1n) is 9.49. The van der Waals surface area contributed by atoms with Crippen LogP contribution in [0.2, 0.25) is 0 Å². The monoisotopic (exact) mass is 397 g/mol. The number of ketones is 1. The van der Waals surface area contributed by atoms with Gasteiger partial charge in [-0.25, -0.2) is 4.79 Å². The van der Waals surface area contributed by atoms with Crippen molar-refractivity contribution in [1.82, 2.24) is 5.32 Å². The Bertz CT molecular complexity index is 923. The Morgan fingerprint density at radius 2 is 1.72 bits per heavy atom. The Balaban J connectivity index is 1.75. The Labute approximate surface area is 169 Å². The Morgan fingerprint density at radius 3 is 2.45 bits per heavy atom. The van der Waals surface area contributed by atoms with Crippen LogP contribution in [0, 0.1) is 0 Å². The standard InChI is InChI=1S/C22H23NO6/c1-3-14(2)23-20(24)13-29-22(26)17-7-5-4-6-16(17)21(25)15-8-9-18-19(12-15)28-11-10-27-18/h4-9,12,14H,3,10-11,13H2,1-2H3,(H,23,24)/t14-/m0/s1. The van der Waals surface area contributed by atoms with Crippen molar-refractivity contribution in [1.29, 1.82) is 0 Å². The van der Waals surface area contributed by atoms with Crippen molar-refractivity contribution in [2.24, 2.45) is 0 Å². The lowest BCUT2D eigenvalue weighted by Crippen LogP contribution is -2.35. The van der Waals surface area contributed by atoms with Crippen LogP contribution in [0.25, 0.3) is 0 Å². The van der Waals surface area contributed by atoms with Gasteiger partial charge in [0.15, 0.2) is 23.9 Å². The number of fused-ring (bicyclic) bond motifs is 1. The van der Waals surface area contributed by atoms with Crippen molar-refractivity contribution in [2.75, 3.05) is 19.8 Å². The molecule has 1 amide bonds. The van der Waals surface area contributed by atoms with Crippen molar-refractivity contribution in [3.05, 3.63) is 59.2 Å². The van der Waals surface area contributed by atoms with E-state index in [9.17, 15) is 14.4 Å². The van der Waals surface area contributed by atoms with Crippen molar-refractivity contribution in [3.63, 3.8) is 0 Å². The number of hydrogen-bond donors (Lipinski definition) is 1. The summed E-state index contributed by atoms with van der Waals surface area (Å²) in [6.07, 6.45) is 0.770. The van der Waals surface area contributed by atoms with Crippen LogP contribution in [0.1, 0.15) is 46.5 Å². The third kappa shape index (κ3) is 4.93. The summed E-state index contributed by atoms with van der Waals surface area (Å²) in [6.45, 7) is 4.26. The van der Waals surface area contributed by atoms with Crippen LogP contribution in [0.3, 0.4) is 0 Å². The first kappa shape index (κ1) is 20.4. The van der Waals surface area contributed by atoms with Gasteiger partial charge < -0.3 is 19.5 Å². The van der Waals surface area contributed by atoms with Crippen LogP contribution in [0.5, 0.6) is 11.5 Å². The number of benzene rings is 2. The predicted octanol–water partition coefficient (Wildman–Crippen LogP) is 2.76. The van der Waals surface area contributed by atoms with Gasteiger partial charge in [0.1, 0.15) is 13.2 Å². The molecule has 0 aliphatic carbocycles. The molecule has 152 valence electrons. The summed E-state index contributed by atoms with van der Waals surface area (Å²) in [7, 11) is 0. The third-order valence-corrected chi connectivity index (χ3v) is 4.55. The van der Waals surface area contributed by atoms with Gasteiger partial charge in [-0.2, -0.15) is 0 Å². The van der Waals surface area contributed by atoms with Gasteiger partial charge in [-0.1, -0.05) is 25.1 Å². The first-order chi connectivity index (χ1) is 14.0. The highest BCUT2D eigenvalue weighted by Crippen LogP contribution is 2.31. The SMILES string of the molecule is CC[C@H](C)NC(=O)COC(=O)c1ccccc1C(=O)c1ccc2c(c1)OCCO2. The minimum Gasteiger partial charge on any atom is -0.486 e. The Kier molecular flexibility index (Phi) is 6.49.